The molecule has 0 unspecified atom stereocenters. The van der Waals surface area contributed by atoms with Gasteiger partial charge in [0, 0.05) is 0 Å². The second kappa shape index (κ2) is 4.95. The van der Waals surface area contributed by atoms with Crippen LogP contribution in [-0.4, -0.2) is 35.8 Å². The lowest BCUT2D eigenvalue weighted by Crippen LogP contribution is -2.15. The fourth-order valence-corrected chi connectivity index (χ4v) is 1.21. The molecule has 0 radical (unpaired) electrons. The van der Waals surface area contributed by atoms with Crippen molar-refractivity contribution in [3.63, 3.8) is 0 Å². The summed E-state index contributed by atoms with van der Waals surface area (Å²) in [5.41, 5.74) is 8.35. The lowest BCUT2D eigenvalue weighted by Gasteiger charge is -2.06. The number of ether oxygens (including phenoxy) is 2. The van der Waals surface area contributed by atoms with E-state index in [-0.39, 0.29) is 5.56 Å². The summed E-state index contributed by atoms with van der Waals surface area (Å²) in [4.78, 5) is 13.4. The molecule has 0 atom stereocenters. The average molecular weight is 222 g/mol. The highest BCUT2D eigenvalue weighted by Crippen LogP contribution is 2.27. The van der Waals surface area contributed by atoms with Crippen LogP contribution in [0.25, 0.3) is 5.53 Å². The van der Waals surface area contributed by atoms with Crippen molar-refractivity contribution < 1.29 is 24.2 Å². The largest absolute Gasteiger partial charge is 0.493 e. The van der Waals surface area contributed by atoms with E-state index in [4.69, 9.17) is 20.1 Å². The van der Waals surface area contributed by atoms with E-state index in [1.807, 2.05) is 0 Å². The summed E-state index contributed by atoms with van der Waals surface area (Å²) in [6, 6.07) is 4.41. The van der Waals surface area contributed by atoms with Crippen molar-refractivity contribution in [3.05, 3.63) is 29.3 Å². The van der Waals surface area contributed by atoms with Gasteiger partial charge in [0.05, 0.1) is 19.8 Å². The minimum atomic E-state index is -1.32. The van der Waals surface area contributed by atoms with Crippen LogP contribution in [0.3, 0.4) is 0 Å². The van der Waals surface area contributed by atoms with E-state index >= 15 is 0 Å². The summed E-state index contributed by atoms with van der Waals surface area (Å²) in [6.07, 6.45) is 0. The smallest absolute Gasteiger partial charge is 0.419 e. The van der Waals surface area contributed by atoms with Crippen LogP contribution in [0.5, 0.6) is 11.5 Å². The highest BCUT2D eigenvalue weighted by molar-refractivity contribution is 6.40. The van der Waals surface area contributed by atoms with Gasteiger partial charge in [-0.25, -0.2) is 4.79 Å². The number of rotatable bonds is 4. The SMILES string of the molecule is COc1ccc(C(=[N+]=[N-])C(=O)O)cc1OC. The lowest BCUT2D eigenvalue weighted by atomic mass is 10.1. The molecule has 1 aromatic rings. The Morgan fingerprint density at radius 1 is 1.31 bits per heavy atom. The minimum Gasteiger partial charge on any atom is -0.493 e. The molecular formula is C10H10N2O4. The fourth-order valence-electron chi connectivity index (χ4n) is 1.21. The Morgan fingerprint density at radius 2 is 1.94 bits per heavy atom. The third-order valence-corrected chi connectivity index (χ3v) is 1.96. The zero-order valence-corrected chi connectivity index (χ0v) is 8.80. The van der Waals surface area contributed by atoms with Gasteiger partial charge < -0.3 is 20.1 Å². The Bertz CT molecular complexity index is 464. The zero-order chi connectivity index (χ0) is 12.1. The molecule has 0 saturated carbocycles. The molecule has 0 heterocycles. The van der Waals surface area contributed by atoms with Crippen LogP contribution in [0.15, 0.2) is 18.2 Å². The van der Waals surface area contributed by atoms with Crippen LogP contribution >= 0.6 is 0 Å². The third kappa shape index (κ3) is 2.18. The fraction of sp³-hybridized carbons (Fsp3) is 0.200. The summed E-state index contributed by atoms with van der Waals surface area (Å²) in [7, 11) is 2.90. The van der Waals surface area contributed by atoms with E-state index in [0.717, 1.165) is 0 Å². The first-order valence-corrected chi connectivity index (χ1v) is 4.31. The molecule has 0 aromatic heterocycles. The highest BCUT2D eigenvalue weighted by atomic mass is 16.5. The van der Waals surface area contributed by atoms with Crippen LogP contribution in [0.2, 0.25) is 0 Å². The van der Waals surface area contributed by atoms with Gasteiger partial charge in [-0.2, -0.15) is 4.79 Å². The Hall–Kier alpha value is -2.33. The third-order valence-electron chi connectivity index (χ3n) is 1.96. The molecule has 0 bridgehead atoms. The first-order chi connectivity index (χ1) is 7.63. The maximum absolute atomic E-state index is 10.7. The topological polar surface area (TPSA) is 92.2 Å². The normalized spacial score (nSPS) is 9.12. The maximum Gasteiger partial charge on any atom is 0.419 e. The van der Waals surface area contributed by atoms with Crippen LogP contribution < -0.4 is 9.47 Å². The number of carboxylic acid groups (broad SMARTS) is 1. The average Bonchev–Trinajstić information content (AvgIpc) is 2.29. The van der Waals surface area contributed by atoms with Crippen molar-refractivity contribution in [2.75, 3.05) is 14.2 Å². The Balaban J connectivity index is 3.27. The molecule has 6 nitrogen and oxygen atoms in total. The van der Waals surface area contributed by atoms with Gasteiger partial charge in [0.25, 0.3) is 0 Å². The number of aliphatic carboxylic acids is 1. The summed E-state index contributed by atoms with van der Waals surface area (Å²) in [6.45, 7) is 0. The second-order valence-corrected chi connectivity index (χ2v) is 2.82. The van der Waals surface area contributed by atoms with Crippen LogP contribution in [0, 0.1) is 0 Å². The Labute approximate surface area is 91.7 Å². The van der Waals surface area contributed by atoms with E-state index in [2.05, 4.69) is 4.79 Å². The van der Waals surface area contributed by atoms with Crippen LogP contribution in [0.4, 0.5) is 0 Å². The molecule has 16 heavy (non-hydrogen) atoms. The van der Waals surface area contributed by atoms with E-state index in [9.17, 15) is 4.79 Å². The number of benzene rings is 1. The van der Waals surface area contributed by atoms with Gasteiger partial charge in [0.1, 0.15) is 0 Å². The Kier molecular flexibility index (Phi) is 3.63. The van der Waals surface area contributed by atoms with E-state index < -0.39 is 11.7 Å². The molecule has 1 N–H and O–H groups in total. The quantitative estimate of drug-likeness (QED) is 0.463. The molecule has 1 rings (SSSR count). The molecule has 0 spiro atoms. The van der Waals surface area contributed by atoms with Crippen molar-refractivity contribution in [2.45, 2.75) is 0 Å². The molecule has 1 aromatic carbocycles. The van der Waals surface area contributed by atoms with Gasteiger partial charge in [0.15, 0.2) is 11.5 Å². The van der Waals surface area contributed by atoms with Crippen molar-refractivity contribution >= 4 is 11.7 Å². The molecule has 6 heteroatoms. The van der Waals surface area contributed by atoms with Gasteiger partial charge in [-0.05, 0) is 18.2 Å². The van der Waals surface area contributed by atoms with Gasteiger partial charge in [-0.3, -0.25) is 0 Å². The number of hydrogen-bond donors (Lipinski definition) is 1. The van der Waals surface area contributed by atoms with E-state index in [0.29, 0.717) is 11.5 Å². The van der Waals surface area contributed by atoms with E-state index in [1.54, 1.807) is 0 Å². The monoisotopic (exact) mass is 222 g/mol. The lowest BCUT2D eigenvalue weighted by molar-refractivity contribution is -0.133. The molecular weight excluding hydrogens is 212 g/mol. The highest BCUT2D eigenvalue weighted by Gasteiger charge is 2.23. The minimum absolute atomic E-state index is 0.229. The van der Waals surface area contributed by atoms with Crippen molar-refractivity contribution in [1.29, 1.82) is 0 Å². The van der Waals surface area contributed by atoms with Crippen LogP contribution in [0.1, 0.15) is 5.56 Å². The van der Waals surface area contributed by atoms with Crippen LogP contribution in [-0.2, 0) is 4.79 Å². The maximum atomic E-state index is 10.7. The molecule has 0 amide bonds. The molecule has 84 valence electrons. The van der Waals surface area contributed by atoms with E-state index in [1.165, 1.54) is 32.4 Å². The Morgan fingerprint density at radius 3 is 2.38 bits per heavy atom. The van der Waals surface area contributed by atoms with Crippen molar-refractivity contribution in [3.8, 4) is 11.5 Å². The van der Waals surface area contributed by atoms with Crippen molar-refractivity contribution in [1.82, 2.24) is 0 Å². The predicted molar refractivity (Wildman–Crippen MR) is 54.9 cm³/mol. The molecule has 0 aliphatic heterocycles. The number of carbonyl (C=O) groups is 1. The molecule has 0 saturated heterocycles. The molecule has 0 aliphatic carbocycles. The summed E-state index contributed by atoms with van der Waals surface area (Å²) in [5.74, 6) is -0.494. The second-order valence-electron chi connectivity index (χ2n) is 2.82. The first-order valence-electron chi connectivity index (χ1n) is 4.31. The standard InChI is InChI=1S/C10H10N2O4/c1-15-7-4-3-6(5-8(7)16-2)9(12-11)10(13)14/h3-5H,1-2H3,(H,13,14). The number of hydrogen-bond acceptors (Lipinski definition) is 3. The number of nitrogens with zero attached hydrogens (tertiary/aromatic N) is 2. The number of carboxylic acids is 1. The van der Waals surface area contributed by atoms with Crippen molar-refractivity contribution in [2.24, 2.45) is 0 Å². The molecule has 0 fully saturated rings. The van der Waals surface area contributed by atoms with Gasteiger partial charge in [-0.1, -0.05) is 0 Å². The summed E-state index contributed by atoms with van der Waals surface area (Å²) < 4.78 is 9.99. The molecule has 0 aliphatic rings. The van der Waals surface area contributed by atoms with Gasteiger partial charge in [-0.15, -0.1) is 0 Å². The summed E-state index contributed by atoms with van der Waals surface area (Å²) in [5, 5.41) is 8.75. The number of methoxy groups -OCH3 is 2. The summed E-state index contributed by atoms with van der Waals surface area (Å²) >= 11 is 0. The van der Waals surface area contributed by atoms with Gasteiger partial charge >= 0.3 is 11.7 Å². The predicted octanol–water partition coefficient (Wildman–Crippen LogP) is 0.807. The van der Waals surface area contributed by atoms with Gasteiger partial charge in [0.2, 0.25) is 0 Å². The first kappa shape index (κ1) is 11.7. The zero-order valence-electron chi connectivity index (χ0n) is 8.80.